The average Bonchev–Trinajstić information content (AvgIpc) is 2.42. The number of aliphatic hydroxyl groups is 1. The molecule has 116 valence electrons. The number of Topliss-reactive ketones (excluding diaryl/α,β-unsaturated/α-hetero) is 1. The zero-order chi connectivity index (χ0) is 15.8. The minimum Gasteiger partial charge on any atom is -0.466 e. The van der Waals surface area contributed by atoms with Crippen molar-refractivity contribution in [3.63, 3.8) is 0 Å². The van der Waals surface area contributed by atoms with Crippen LogP contribution in [0.4, 0.5) is 4.39 Å². The molecule has 0 aliphatic rings. The molecule has 1 aromatic carbocycles. The maximum absolute atomic E-state index is 14.0. The van der Waals surface area contributed by atoms with Crippen molar-refractivity contribution in [2.75, 3.05) is 19.8 Å². The van der Waals surface area contributed by atoms with Gasteiger partial charge in [-0.05, 0) is 31.0 Å². The molecule has 0 atom stereocenters. The molecule has 0 saturated carbocycles. The molecular formula is C15H20FNO4. The van der Waals surface area contributed by atoms with E-state index < -0.39 is 24.0 Å². The van der Waals surface area contributed by atoms with Gasteiger partial charge in [-0.15, -0.1) is 0 Å². The number of ether oxygens (including phenoxy) is 1. The van der Waals surface area contributed by atoms with Crippen molar-refractivity contribution in [1.82, 2.24) is 5.32 Å². The third-order valence-electron chi connectivity index (χ3n) is 2.84. The number of ketones is 1. The van der Waals surface area contributed by atoms with Crippen molar-refractivity contribution >= 4 is 11.8 Å². The van der Waals surface area contributed by atoms with E-state index in [-0.39, 0.29) is 18.8 Å². The second kappa shape index (κ2) is 8.49. The molecule has 0 unspecified atom stereocenters. The van der Waals surface area contributed by atoms with Crippen LogP contribution in [0.2, 0.25) is 0 Å². The Hall–Kier alpha value is -1.79. The van der Waals surface area contributed by atoms with Crippen molar-refractivity contribution in [3.8, 4) is 0 Å². The summed E-state index contributed by atoms with van der Waals surface area (Å²) in [4.78, 5) is 23.3. The molecule has 0 amide bonds. The van der Waals surface area contributed by atoms with E-state index in [0.717, 1.165) is 5.56 Å². The molecule has 1 aromatic rings. The molecular weight excluding hydrogens is 277 g/mol. The van der Waals surface area contributed by atoms with Crippen LogP contribution in [0.15, 0.2) is 12.1 Å². The first-order valence-corrected chi connectivity index (χ1v) is 6.79. The third kappa shape index (κ3) is 5.24. The Bertz CT molecular complexity index is 517. The Balaban J connectivity index is 2.89. The van der Waals surface area contributed by atoms with Crippen molar-refractivity contribution in [1.29, 1.82) is 0 Å². The number of carbonyl (C=O) groups is 2. The summed E-state index contributed by atoms with van der Waals surface area (Å²) in [5, 5.41) is 11.7. The highest BCUT2D eigenvalue weighted by atomic mass is 19.1. The molecule has 0 fully saturated rings. The Morgan fingerprint density at radius 1 is 1.38 bits per heavy atom. The number of benzene rings is 1. The van der Waals surface area contributed by atoms with Gasteiger partial charge < -0.3 is 15.2 Å². The van der Waals surface area contributed by atoms with Gasteiger partial charge in [-0.1, -0.05) is 6.07 Å². The van der Waals surface area contributed by atoms with Gasteiger partial charge in [0.2, 0.25) is 0 Å². The van der Waals surface area contributed by atoms with Crippen LogP contribution < -0.4 is 5.32 Å². The smallest absolute Gasteiger partial charge is 0.313 e. The quantitative estimate of drug-likeness (QED) is 0.328. The van der Waals surface area contributed by atoms with Gasteiger partial charge in [0.15, 0.2) is 5.78 Å². The summed E-state index contributed by atoms with van der Waals surface area (Å²) in [5.74, 6) is -1.88. The summed E-state index contributed by atoms with van der Waals surface area (Å²) in [6.45, 7) is 4.18. The number of halogens is 1. The number of nitrogens with one attached hydrogen (secondary N) is 1. The van der Waals surface area contributed by atoms with Crippen molar-refractivity contribution in [2.45, 2.75) is 26.8 Å². The van der Waals surface area contributed by atoms with E-state index in [4.69, 9.17) is 9.84 Å². The molecule has 2 N–H and O–H groups in total. The van der Waals surface area contributed by atoms with Crippen LogP contribution in [0.3, 0.4) is 0 Å². The van der Waals surface area contributed by atoms with Crippen LogP contribution in [0, 0.1) is 12.7 Å². The van der Waals surface area contributed by atoms with E-state index in [1.807, 2.05) is 0 Å². The Labute approximate surface area is 123 Å². The van der Waals surface area contributed by atoms with Gasteiger partial charge in [0.25, 0.3) is 0 Å². The number of hydrogen-bond acceptors (Lipinski definition) is 5. The number of carbonyl (C=O) groups excluding carboxylic acids is 2. The maximum Gasteiger partial charge on any atom is 0.313 e. The van der Waals surface area contributed by atoms with Crippen molar-refractivity contribution < 1.29 is 23.8 Å². The number of hydrogen-bond donors (Lipinski definition) is 2. The number of esters is 1. The second-order valence-corrected chi connectivity index (χ2v) is 4.58. The lowest BCUT2D eigenvalue weighted by atomic mass is 10.0. The predicted molar refractivity (Wildman–Crippen MR) is 75.5 cm³/mol. The topological polar surface area (TPSA) is 75.6 Å². The highest BCUT2D eigenvalue weighted by molar-refractivity contribution is 6.06. The van der Waals surface area contributed by atoms with Gasteiger partial charge in [-0.25, -0.2) is 4.39 Å². The lowest BCUT2D eigenvalue weighted by Gasteiger charge is -2.10. The average molecular weight is 297 g/mol. The van der Waals surface area contributed by atoms with Gasteiger partial charge in [-0.3, -0.25) is 9.59 Å². The molecule has 0 aromatic heterocycles. The number of aryl methyl sites for hydroxylation is 1. The van der Waals surface area contributed by atoms with E-state index in [1.165, 1.54) is 6.07 Å². The summed E-state index contributed by atoms with van der Waals surface area (Å²) in [6, 6.07) is 3.05. The molecule has 0 bridgehead atoms. The lowest BCUT2D eigenvalue weighted by Crippen LogP contribution is -2.18. The number of aliphatic hydroxyl groups excluding tert-OH is 1. The van der Waals surface area contributed by atoms with E-state index in [1.54, 1.807) is 19.9 Å². The van der Waals surface area contributed by atoms with Crippen molar-refractivity contribution in [2.24, 2.45) is 0 Å². The van der Waals surface area contributed by atoms with Crippen LogP contribution >= 0.6 is 0 Å². The van der Waals surface area contributed by atoms with E-state index in [9.17, 15) is 14.0 Å². The van der Waals surface area contributed by atoms with Gasteiger partial charge in [0.05, 0.1) is 18.8 Å². The monoisotopic (exact) mass is 297 g/mol. The molecule has 0 aliphatic heterocycles. The van der Waals surface area contributed by atoms with Crippen LogP contribution in [-0.4, -0.2) is 36.6 Å². The minimum absolute atomic E-state index is 0.00514. The first kappa shape index (κ1) is 17.3. The van der Waals surface area contributed by atoms with Gasteiger partial charge in [-0.2, -0.15) is 0 Å². The third-order valence-corrected chi connectivity index (χ3v) is 2.84. The first-order valence-electron chi connectivity index (χ1n) is 6.79. The highest BCUT2D eigenvalue weighted by Gasteiger charge is 2.18. The molecule has 5 nitrogen and oxygen atoms in total. The van der Waals surface area contributed by atoms with Crippen LogP contribution in [0.25, 0.3) is 0 Å². The molecule has 21 heavy (non-hydrogen) atoms. The normalized spacial score (nSPS) is 10.5. The van der Waals surface area contributed by atoms with E-state index in [2.05, 4.69) is 5.32 Å². The van der Waals surface area contributed by atoms with Gasteiger partial charge in [0, 0.05) is 13.1 Å². The minimum atomic E-state index is -0.664. The molecule has 0 heterocycles. The van der Waals surface area contributed by atoms with Crippen LogP contribution in [-0.2, 0) is 16.1 Å². The Morgan fingerprint density at radius 2 is 2.10 bits per heavy atom. The molecule has 0 spiro atoms. The van der Waals surface area contributed by atoms with Gasteiger partial charge >= 0.3 is 5.97 Å². The fourth-order valence-electron chi connectivity index (χ4n) is 1.90. The Morgan fingerprint density at radius 3 is 2.71 bits per heavy atom. The lowest BCUT2D eigenvalue weighted by molar-refractivity contribution is -0.141. The predicted octanol–water partition coefficient (Wildman–Crippen LogP) is 1.35. The van der Waals surface area contributed by atoms with Crippen molar-refractivity contribution in [3.05, 3.63) is 34.6 Å². The summed E-state index contributed by atoms with van der Waals surface area (Å²) in [5.41, 5.74) is 0.948. The zero-order valence-electron chi connectivity index (χ0n) is 12.2. The standard InChI is InChI=1S/C15H20FNO4/c1-3-21-14(20)8-13(19)12-7-11(9-17-4-5-18)6-10(2)15(12)16/h6-7,17-18H,3-5,8-9H2,1-2H3. The summed E-state index contributed by atoms with van der Waals surface area (Å²) < 4.78 is 18.7. The molecule has 0 saturated heterocycles. The highest BCUT2D eigenvalue weighted by Crippen LogP contribution is 2.17. The SMILES string of the molecule is CCOC(=O)CC(=O)c1cc(CNCCO)cc(C)c1F. The summed E-state index contributed by atoms with van der Waals surface area (Å²) in [6.07, 6.45) is -0.474. The fraction of sp³-hybridized carbons (Fsp3) is 0.467. The maximum atomic E-state index is 14.0. The molecule has 0 aliphatic carbocycles. The largest absolute Gasteiger partial charge is 0.466 e. The van der Waals surface area contributed by atoms with Gasteiger partial charge in [0.1, 0.15) is 12.2 Å². The summed E-state index contributed by atoms with van der Waals surface area (Å²) >= 11 is 0. The summed E-state index contributed by atoms with van der Waals surface area (Å²) in [7, 11) is 0. The molecule has 6 heteroatoms. The number of rotatable bonds is 8. The Kier molecular flexibility index (Phi) is 6.98. The van der Waals surface area contributed by atoms with Crippen LogP contribution in [0.5, 0.6) is 0 Å². The molecule has 1 rings (SSSR count). The fourth-order valence-corrected chi connectivity index (χ4v) is 1.90. The molecule has 0 radical (unpaired) electrons. The van der Waals surface area contributed by atoms with E-state index in [0.29, 0.717) is 18.7 Å². The van der Waals surface area contributed by atoms with Crippen LogP contribution in [0.1, 0.15) is 34.8 Å². The second-order valence-electron chi connectivity index (χ2n) is 4.58. The van der Waals surface area contributed by atoms with E-state index >= 15 is 0 Å². The zero-order valence-corrected chi connectivity index (χ0v) is 12.2. The first-order chi connectivity index (χ1) is 9.99.